The van der Waals surface area contributed by atoms with Crippen LogP contribution in [0.4, 0.5) is 0 Å². The Labute approximate surface area is 50.6 Å². The van der Waals surface area contributed by atoms with Crippen LogP contribution in [0.25, 0.3) is 0 Å². The molecule has 0 radical (unpaired) electrons. The highest BCUT2D eigenvalue weighted by molar-refractivity contribution is 5.57. The predicted octanol–water partition coefficient (Wildman–Crippen LogP) is 2.07. The second-order valence-corrected chi connectivity index (χ2v) is 2.74. The lowest BCUT2D eigenvalue weighted by Gasteiger charge is -2.05. The third-order valence-electron chi connectivity index (χ3n) is 2.14. The number of nitrogens with one attached hydrogen (secondary N) is 1. The normalized spacial score (nSPS) is 37.6. The first-order valence-electron chi connectivity index (χ1n) is 3.35. The van der Waals surface area contributed by atoms with Gasteiger partial charge in [-0.05, 0) is 24.5 Å². The smallest absolute Gasteiger partial charge is 0.00141 e. The topological polar surface area (TPSA) is 23.9 Å². The van der Waals surface area contributed by atoms with Gasteiger partial charge in [-0.3, -0.25) is 0 Å². The molecule has 46 valence electrons. The molecule has 0 saturated heterocycles. The van der Waals surface area contributed by atoms with Crippen molar-refractivity contribution < 1.29 is 0 Å². The molecule has 1 aliphatic carbocycles. The number of hydrogen-bond acceptors (Lipinski definition) is 1. The van der Waals surface area contributed by atoms with Gasteiger partial charge in [-0.15, -0.1) is 0 Å². The van der Waals surface area contributed by atoms with Gasteiger partial charge in [0.25, 0.3) is 0 Å². The molecule has 1 nitrogen and oxygen atoms in total. The summed E-state index contributed by atoms with van der Waals surface area (Å²) in [6.07, 6.45) is 5.53. The summed E-state index contributed by atoms with van der Waals surface area (Å²) in [6.45, 7) is 2.24. The molecule has 1 N–H and O–H groups in total. The van der Waals surface area contributed by atoms with Crippen molar-refractivity contribution in [2.75, 3.05) is 0 Å². The molecule has 2 unspecified atom stereocenters. The van der Waals surface area contributed by atoms with E-state index in [9.17, 15) is 0 Å². The third-order valence-corrected chi connectivity index (χ3v) is 2.14. The minimum absolute atomic E-state index is 0.606. The second-order valence-electron chi connectivity index (χ2n) is 2.74. The van der Waals surface area contributed by atoms with E-state index in [1.54, 1.807) is 6.21 Å². The van der Waals surface area contributed by atoms with Crippen LogP contribution in [0.15, 0.2) is 0 Å². The average Bonchev–Trinajstić information content (AvgIpc) is 2.14. The summed E-state index contributed by atoms with van der Waals surface area (Å²) in [5.41, 5.74) is 0. The molecule has 1 fully saturated rings. The summed E-state index contributed by atoms with van der Waals surface area (Å²) >= 11 is 0. The van der Waals surface area contributed by atoms with Crippen LogP contribution in [0.1, 0.15) is 26.2 Å². The summed E-state index contributed by atoms with van der Waals surface area (Å²) < 4.78 is 0. The van der Waals surface area contributed by atoms with Crippen LogP contribution in [0.3, 0.4) is 0 Å². The first kappa shape index (κ1) is 5.80. The number of hydrogen-bond donors (Lipinski definition) is 1. The molecule has 0 bridgehead atoms. The first-order valence-corrected chi connectivity index (χ1v) is 3.35. The van der Waals surface area contributed by atoms with Crippen molar-refractivity contribution in [3.05, 3.63) is 0 Å². The lowest BCUT2D eigenvalue weighted by Crippen LogP contribution is -2.03. The molecule has 0 amide bonds. The molecule has 0 aromatic carbocycles. The zero-order chi connectivity index (χ0) is 5.98. The fraction of sp³-hybridized carbons (Fsp3) is 0.857. The van der Waals surface area contributed by atoms with Gasteiger partial charge < -0.3 is 5.41 Å². The highest BCUT2D eigenvalue weighted by Crippen LogP contribution is 2.28. The van der Waals surface area contributed by atoms with E-state index >= 15 is 0 Å². The zero-order valence-electron chi connectivity index (χ0n) is 5.35. The minimum atomic E-state index is 0.606. The molecule has 1 aliphatic rings. The SMILES string of the molecule is CC1CCCC1C=N. The quantitative estimate of drug-likeness (QED) is 0.501. The van der Waals surface area contributed by atoms with Gasteiger partial charge in [0.15, 0.2) is 0 Å². The second kappa shape index (κ2) is 2.29. The summed E-state index contributed by atoms with van der Waals surface area (Å²) in [4.78, 5) is 0. The van der Waals surface area contributed by atoms with E-state index in [4.69, 9.17) is 5.41 Å². The Kier molecular flexibility index (Phi) is 1.66. The van der Waals surface area contributed by atoms with Crippen molar-refractivity contribution in [1.29, 1.82) is 5.41 Å². The maximum absolute atomic E-state index is 7.01. The Morgan fingerprint density at radius 2 is 2.25 bits per heavy atom. The van der Waals surface area contributed by atoms with Crippen LogP contribution in [0, 0.1) is 17.2 Å². The third kappa shape index (κ3) is 0.908. The van der Waals surface area contributed by atoms with E-state index in [-0.39, 0.29) is 0 Å². The highest BCUT2D eigenvalue weighted by Gasteiger charge is 2.20. The van der Waals surface area contributed by atoms with Gasteiger partial charge in [-0.1, -0.05) is 19.8 Å². The summed E-state index contributed by atoms with van der Waals surface area (Å²) in [6, 6.07) is 0. The average molecular weight is 111 g/mol. The molecule has 0 aromatic rings. The van der Waals surface area contributed by atoms with E-state index < -0.39 is 0 Å². The van der Waals surface area contributed by atoms with Gasteiger partial charge in [0.05, 0.1) is 0 Å². The highest BCUT2D eigenvalue weighted by atomic mass is 14.4. The molecular weight excluding hydrogens is 98.1 g/mol. The Balaban J connectivity index is 2.41. The lowest BCUT2D eigenvalue weighted by molar-refractivity contribution is 0.537. The molecule has 1 saturated carbocycles. The minimum Gasteiger partial charge on any atom is -0.313 e. The summed E-state index contributed by atoms with van der Waals surface area (Å²) in [7, 11) is 0. The fourth-order valence-corrected chi connectivity index (χ4v) is 1.42. The van der Waals surface area contributed by atoms with Gasteiger partial charge in [0.1, 0.15) is 0 Å². The molecule has 0 heterocycles. The van der Waals surface area contributed by atoms with E-state index in [1.165, 1.54) is 19.3 Å². The van der Waals surface area contributed by atoms with Crippen molar-refractivity contribution in [3.63, 3.8) is 0 Å². The number of rotatable bonds is 1. The Morgan fingerprint density at radius 1 is 1.50 bits per heavy atom. The molecule has 0 aromatic heterocycles. The van der Waals surface area contributed by atoms with Gasteiger partial charge in [-0.2, -0.15) is 0 Å². The van der Waals surface area contributed by atoms with Crippen molar-refractivity contribution in [1.82, 2.24) is 0 Å². The Bertz CT molecular complexity index is 88.4. The van der Waals surface area contributed by atoms with E-state index in [0.717, 1.165) is 5.92 Å². The maximum atomic E-state index is 7.01. The summed E-state index contributed by atoms with van der Waals surface area (Å²) in [5, 5.41) is 7.01. The van der Waals surface area contributed by atoms with E-state index in [0.29, 0.717) is 5.92 Å². The van der Waals surface area contributed by atoms with Crippen molar-refractivity contribution in [3.8, 4) is 0 Å². The fourth-order valence-electron chi connectivity index (χ4n) is 1.42. The largest absolute Gasteiger partial charge is 0.313 e. The standard InChI is InChI=1S/C7H13N/c1-6-3-2-4-7(6)5-8/h5-8H,2-4H2,1H3. The van der Waals surface area contributed by atoms with Crippen LogP contribution in [-0.2, 0) is 0 Å². The lowest BCUT2D eigenvalue weighted by atomic mass is 10.0. The van der Waals surface area contributed by atoms with Gasteiger partial charge >= 0.3 is 0 Å². The maximum Gasteiger partial charge on any atom is -0.00141 e. The van der Waals surface area contributed by atoms with Crippen molar-refractivity contribution in [2.45, 2.75) is 26.2 Å². The molecule has 8 heavy (non-hydrogen) atoms. The molecule has 1 rings (SSSR count). The molecule has 2 atom stereocenters. The van der Waals surface area contributed by atoms with Crippen molar-refractivity contribution in [2.24, 2.45) is 11.8 Å². The van der Waals surface area contributed by atoms with Crippen LogP contribution in [-0.4, -0.2) is 6.21 Å². The predicted molar refractivity (Wildman–Crippen MR) is 35.3 cm³/mol. The van der Waals surface area contributed by atoms with Gasteiger partial charge in [0.2, 0.25) is 0 Å². The molecule has 0 spiro atoms. The van der Waals surface area contributed by atoms with Crippen LogP contribution >= 0.6 is 0 Å². The molecule has 0 aliphatic heterocycles. The molecular formula is C7H13N. The zero-order valence-corrected chi connectivity index (χ0v) is 5.35. The van der Waals surface area contributed by atoms with Crippen molar-refractivity contribution >= 4 is 6.21 Å². The molecule has 1 heteroatoms. The monoisotopic (exact) mass is 111 g/mol. The first-order chi connectivity index (χ1) is 3.84. The van der Waals surface area contributed by atoms with Crippen LogP contribution < -0.4 is 0 Å². The van der Waals surface area contributed by atoms with Crippen LogP contribution in [0.5, 0.6) is 0 Å². The van der Waals surface area contributed by atoms with E-state index in [1.807, 2.05) is 0 Å². The van der Waals surface area contributed by atoms with Crippen LogP contribution in [0.2, 0.25) is 0 Å². The van der Waals surface area contributed by atoms with Gasteiger partial charge in [-0.25, -0.2) is 0 Å². The van der Waals surface area contributed by atoms with Gasteiger partial charge in [0, 0.05) is 0 Å². The Hall–Kier alpha value is -0.330. The van der Waals surface area contributed by atoms with E-state index in [2.05, 4.69) is 6.92 Å². The Morgan fingerprint density at radius 3 is 2.50 bits per heavy atom. The summed E-state index contributed by atoms with van der Waals surface area (Å²) in [5.74, 6) is 1.39.